The maximum atomic E-state index is 13.6. The van der Waals surface area contributed by atoms with Gasteiger partial charge in [0.15, 0.2) is 5.60 Å². The van der Waals surface area contributed by atoms with Crippen LogP contribution in [-0.4, -0.2) is 72.4 Å². The molecule has 3 atom stereocenters. The summed E-state index contributed by atoms with van der Waals surface area (Å²) in [6.45, 7) is 0. The van der Waals surface area contributed by atoms with Gasteiger partial charge in [-0.05, 0) is 38.2 Å². The molecule has 10 nitrogen and oxygen atoms in total. The molecule has 2 aromatic rings. The summed E-state index contributed by atoms with van der Waals surface area (Å²) in [5, 5.41) is 48.3. The number of aromatic hydroxyl groups is 1. The summed E-state index contributed by atoms with van der Waals surface area (Å²) in [7, 11) is 6.54. The number of carbonyl (C=O) groups excluding carboxylic acids is 3. The summed E-state index contributed by atoms with van der Waals surface area (Å²) in [6.07, 6.45) is -0.136. The van der Waals surface area contributed by atoms with Crippen molar-refractivity contribution in [1.29, 1.82) is 0 Å². The molecule has 174 valence electrons. The average molecular weight is 499 g/mol. The van der Waals surface area contributed by atoms with E-state index in [-0.39, 0.29) is 82.0 Å². The van der Waals surface area contributed by atoms with Crippen LogP contribution in [0.2, 0.25) is 0 Å². The first-order valence-electron chi connectivity index (χ1n) is 10.2. The van der Waals surface area contributed by atoms with Gasteiger partial charge in [-0.3, -0.25) is 14.4 Å². The van der Waals surface area contributed by atoms with Crippen LogP contribution < -0.4 is 80.0 Å². The Morgan fingerprint density at radius 3 is 2.23 bits per heavy atom. The normalized spacial score (nSPS) is 23.4. The first-order valence-corrected chi connectivity index (χ1v) is 10.2. The van der Waals surface area contributed by atoms with E-state index < -0.39 is 57.9 Å². The number of aliphatic hydroxyl groups is 1. The Bertz CT molecular complexity index is 1290. The van der Waals surface area contributed by atoms with Gasteiger partial charge in [0.2, 0.25) is 11.6 Å². The Hall–Kier alpha value is -1.63. The monoisotopic (exact) mass is 499 g/mol. The second kappa shape index (κ2) is 10.0. The van der Waals surface area contributed by atoms with Crippen molar-refractivity contribution in [3.8, 4) is 11.5 Å². The molecule has 12 heteroatoms. The van der Waals surface area contributed by atoms with Crippen molar-refractivity contribution in [2.24, 2.45) is 11.7 Å². The summed E-state index contributed by atoms with van der Waals surface area (Å²) >= 11 is 0. The van der Waals surface area contributed by atoms with E-state index in [0.717, 1.165) is 0 Å². The van der Waals surface area contributed by atoms with Crippen LogP contribution in [0.15, 0.2) is 29.5 Å². The van der Waals surface area contributed by atoms with E-state index in [2.05, 4.69) is 0 Å². The molecule has 2 aliphatic rings. The molecule has 4 rings (SSSR count). The molecule has 4 N–H and O–H groups in total. The van der Waals surface area contributed by atoms with Gasteiger partial charge in [-0.15, -0.1) is 0 Å². The van der Waals surface area contributed by atoms with E-state index in [1.165, 1.54) is 25.1 Å². The van der Waals surface area contributed by atoms with Crippen LogP contribution in [-0.2, 0) is 16.0 Å². The Morgan fingerprint density at radius 1 is 1.11 bits per heavy atom. The number of fused-ring (bicyclic) bond motifs is 3. The van der Waals surface area contributed by atoms with Crippen LogP contribution in [0.5, 0.6) is 11.5 Å². The number of rotatable bonds is 3. The molecule has 0 heterocycles. The fourth-order valence-corrected chi connectivity index (χ4v) is 5.12. The van der Waals surface area contributed by atoms with Gasteiger partial charge in [-0.1, -0.05) is 17.6 Å². The average Bonchev–Trinajstić information content (AvgIpc) is 2.70. The van der Waals surface area contributed by atoms with Crippen molar-refractivity contribution < 1.29 is 93.9 Å². The quantitative estimate of drug-likeness (QED) is 0.211. The predicted octanol–water partition coefficient (Wildman–Crippen LogP) is -7.61. The number of phenolic OH excluding ortho intramolecular Hbond substituents is 1. The number of nitrogens with two attached hydrogens (primary N) is 1. The van der Waals surface area contributed by atoms with E-state index in [9.17, 15) is 34.8 Å². The first-order chi connectivity index (χ1) is 15.3. The van der Waals surface area contributed by atoms with Crippen LogP contribution in [0.3, 0.4) is 0 Å². The van der Waals surface area contributed by atoms with E-state index >= 15 is 0 Å². The van der Waals surface area contributed by atoms with Crippen LogP contribution in [0, 0.1) is 5.92 Å². The van der Waals surface area contributed by atoms with Crippen molar-refractivity contribution in [2.45, 2.75) is 18.1 Å². The number of benzene rings is 2. The largest absolute Gasteiger partial charge is 1.00 e. The Labute approximate surface area is 246 Å². The van der Waals surface area contributed by atoms with E-state index in [0.29, 0.717) is 11.1 Å². The molecule has 0 spiro atoms. The van der Waals surface area contributed by atoms with Crippen LogP contribution in [0.4, 0.5) is 5.69 Å². The van der Waals surface area contributed by atoms with Gasteiger partial charge >= 0.3 is 59.1 Å². The molecule has 2 aromatic carbocycles. The van der Waals surface area contributed by atoms with E-state index in [1.54, 1.807) is 31.1 Å². The zero-order chi connectivity index (χ0) is 24.6. The molecule has 0 radical (unpaired) electrons. The molecular formula is C23H23N3Na2O7. The van der Waals surface area contributed by atoms with Gasteiger partial charge < -0.3 is 36.0 Å². The van der Waals surface area contributed by atoms with Gasteiger partial charge in [-0.25, -0.2) is 0 Å². The fourth-order valence-electron chi connectivity index (χ4n) is 5.12. The van der Waals surface area contributed by atoms with Crippen LogP contribution in [0.25, 0.3) is 10.8 Å². The number of anilines is 1. The van der Waals surface area contributed by atoms with Gasteiger partial charge in [0.1, 0.15) is 5.75 Å². The number of likely N-dealkylation sites (N-methyl/N-ethyl adjacent to an activating group) is 1. The summed E-state index contributed by atoms with van der Waals surface area (Å²) in [4.78, 5) is 41.7. The zero-order valence-corrected chi connectivity index (χ0v) is 24.5. The maximum absolute atomic E-state index is 13.6. The van der Waals surface area contributed by atoms with Gasteiger partial charge in [0.05, 0.1) is 11.1 Å². The zero-order valence-electron chi connectivity index (χ0n) is 20.5. The minimum Gasteiger partial charge on any atom is -0.874 e. The third kappa shape index (κ3) is 4.10. The molecule has 0 bridgehead atoms. The minimum absolute atomic E-state index is 0. The Morgan fingerprint density at radius 2 is 1.71 bits per heavy atom. The summed E-state index contributed by atoms with van der Waals surface area (Å²) in [6, 6.07) is 3.21. The molecule has 0 saturated heterocycles. The Kier molecular flexibility index (Phi) is 8.48. The summed E-state index contributed by atoms with van der Waals surface area (Å²) in [5.41, 5.74) is 2.00. The first kappa shape index (κ1) is 29.6. The number of amides is 1. The fraction of sp³-hybridized carbons (Fsp3) is 0.348. The minimum atomic E-state index is -2.80. The van der Waals surface area contributed by atoms with Crippen molar-refractivity contribution in [2.75, 3.05) is 33.1 Å². The van der Waals surface area contributed by atoms with Crippen LogP contribution in [0.1, 0.15) is 15.9 Å². The smallest absolute Gasteiger partial charge is 0.874 e. The molecule has 35 heavy (non-hydrogen) atoms. The molecular weight excluding hydrogens is 476 g/mol. The molecule has 0 unspecified atom stereocenters. The SMILES string of the molecule is CN(C)c1ccc([O-])c2c(O)c3c(cc12)C[C@H]1[C@@H](N(C)C)C([O-])=C(C(N)=O)C(=O)[C@@]1(O)C3=O.[Na+].[Na+]. The molecule has 0 fully saturated rings. The molecule has 1 amide bonds. The molecule has 0 aliphatic heterocycles. The number of carbonyl (C=O) groups is 3. The summed E-state index contributed by atoms with van der Waals surface area (Å²) in [5.74, 6) is -7.20. The standard InChI is InChI=1S/C23H25N3O7.2Na/c1-25(2)12-5-6-13(27)15-10(12)7-9-8-11-17(26(3)4)19(29)16(22(24)32)21(31)23(11,33)20(30)14(9)18(15)28;;/h5-7,11,17,27-29,33H,8H2,1-4H3,(H2,24,32);;/q;2*+1/p-2/t11-,17+,23-;;/m0../s1. The number of Topliss-reactive ketones (excluding diaryl/α,β-unsaturated/α-hetero) is 2. The number of phenols is 1. The second-order valence-corrected chi connectivity index (χ2v) is 8.91. The molecule has 0 aromatic heterocycles. The number of ketones is 2. The van der Waals surface area contributed by atoms with Crippen molar-refractivity contribution >= 4 is 33.9 Å². The van der Waals surface area contributed by atoms with Gasteiger partial charge in [0.25, 0.3) is 5.91 Å². The maximum Gasteiger partial charge on any atom is 1.00 e. The summed E-state index contributed by atoms with van der Waals surface area (Å²) < 4.78 is 0. The third-order valence-corrected chi connectivity index (χ3v) is 6.60. The van der Waals surface area contributed by atoms with Gasteiger partial charge in [-0.2, -0.15) is 0 Å². The number of primary amides is 1. The van der Waals surface area contributed by atoms with Gasteiger partial charge in [0, 0.05) is 42.5 Å². The third-order valence-electron chi connectivity index (χ3n) is 6.60. The number of nitrogens with zero attached hydrogens (tertiary/aromatic N) is 2. The molecule has 2 aliphatic carbocycles. The van der Waals surface area contributed by atoms with Crippen LogP contribution >= 0.6 is 0 Å². The van der Waals surface area contributed by atoms with E-state index in [1.807, 2.05) is 0 Å². The Balaban J connectivity index is 0.00000216. The van der Waals surface area contributed by atoms with Crippen molar-refractivity contribution in [3.05, 3.63) is 40.7 Å². The number of hydrogen-bond acceptors (Lipinski definition) is 9. The second-order valence-electron chi connectivity index (χ2n) is 8.91. The topological polar surface area (TPSA) is 170 Å². The molecule has 0 saturated carbocycles. The van der Waals surface area contributed by atoms with Crippen molar-refractivity contribution in [3.63, 3.8) is 0 Å². The van der Waals surface area contributed by atoms with E-state index in [4.69, 9.17) is 5.73 Å². The van der Waals surface area contributed by atoms with Crippen molar-refractivity contribution in [1.82, 2.24) is 4.90 Å². The predicted molar refractivity (Wildman–Crippen MR) is 115 cm³/mol. The number of hydrogen-bond donors (Lipinski definition) is 3.